The third kappa shape index (κ3) is 4.14. The van der Waals surface area contributed by atoms with Gasteiger partial charge < -0.3 is 9.13 Å². The number of rotatable bonds is 4. The van der Waals surface area contributed by atoms with E-state index in [4.69, 9.17) is 0 Å². The molecule has 2 aromatic heterocycles. The third-order valence-electron chi connectivity index (χ3n) is 13.3. The van der Waals surface area contributed by atoms with Gasteiger partial charge in [-0.15, -0.1) is 0 Å². The van der Waals surface area contributed by atoms with E-state index >= 15 is 0 Å². The van der Waals surface area contributed by atoms with Crippen molar-refractivity contribution in [3.05, 3.63) is 109 Å². The molecule has 54 heavy (non-hydrogen) atoms. The molecule has 5 aromatic carbocycles. The number of hydrogen-bond donors (Lipinski definition) is 0. The van der Waals surface area contributed by atoms with Crippen LogP contribution in [0.5, 0.6) is 0 Å². The van der Waals surface area contributed by atoms with Crippen LogP contribution in [0.3, 0.4) is 0 Å². The molecule has 8 nitrogen and oxygen atoms in total. The molecule has 0 spiro atoms. The number of hydrogen-bond acceptors (Lipinski definition) is 4. The molecular formula is C46H42N4O4. The number of carbonyl (C=O) groups excluding carboxylic acids is 4. The monoisotopic (exact) mass is 714 g/mol. The molecule has 4 amide bonds. The van der Waals surface area contributed by atoms with Crippen molar-refractivity contribution in [3.63, 3.8) is 0 Å². The summed E-state index contributed by atoms with van der Waals surface area (Å²) < 4.78 is 4.48. The fourth-order valence-corrected chi connectivity index (χ4v) is 8.33. The maximum absolute atomic E-state index is 13.5. The Balaban J connectivity index is 1.19. The standard InChI is InChI=1S/C46H42N4O4/c1-43(2)39(51)49(40(52)44(43,3)4)29-21-17-27(18-22-29)47-35-15-11-9-13-31(35)33-26-38-34(25-37(33)47)32-14-10-12-16-36(32)48(38)28-19-23-30(24-20-28)50-41(53)45(5,6)46(7,8)42(50)54/h9-26H,1-8H3. The minimum Gasteiger partial charge on any atom is -0.309 e. The fourth-order valence-electron chi connectivity index (χ4n) is 8.33. The van der Waals surface area contributed by atoms with Gasteiger partial charge in [-0.1, -0.05) is 36.4 Å². The molecule has 0 aliphatic carbocycles. The Morgan fingerprint density at radius 1 is 0.333 bits per heavy atom. The van der Waals surface area contributed by atoms with Crippen LogP contribution >= 0.6 is 0 Å². The molecule has 0 radical (unpaired) electrons. The molecule has 2 aliphatic rings. The summed E-state index contributed by atoms with van der Waals surface area (Å²) in [4.78, 5) is 56.6. The van der Waals surface area contributed by atoms with Crippen LogP contribution < -0.4 is 9.80 Å². The third-order valence-corrected chi connectivity index (χ3v) is 13.3. The predicted molar refractivity (Wildman–Crippen MR) is 215 cm³/mol. The fraction of sp³-hybridized carbons (Fsp3) is 0.261. The quantitative estimate of drug-likeness (QED) is 0.170. The maximum atomic E-state index is 13.5. The molecule has 0 bridgehead atoms. The highest BCUT2D eigenvalue weighted by molar-refractivity contribution is 6.26. The number of aromatic nitrogens is 2. The van der Waals surface area contributed by atoms with Crippen molar-refractivity contribution in [2.75, 3.05) is 9.80 Å². The zero-order valence-corrected chi connectivity index (χ0v) is 31.8. The van der Waals surface area contributed by atoms with E-state index in [-0.39, 0.29) is 23.6 Å². The van der Waals surface area contributed by atoms with Gasteiger partial charge >= 0.3 is 0 Å². The van der Waals surface area contributed by atoms with E-state index in [2.05, 4.69) is 45.5 Å². The molecular weight excluding hydrogens is 673 g/mol. The SMILES string of the molecule is CC1(C)C(=O)N(c2ccc(-n3c4ccccc4c4cc5c(cc43)c3ccccc3n5-c3ccc(N4C(=O)C(C)(C)C(C)(C)C4=O)cc3)cc2)C(=O)C1(C)C. The predicted octanol–water partition coefficient (Wildman–Crippen LogP) is 9.73. The number of para-hydroxylation sites is 2. The van der Waals surface area contributed by atoms with Crippen molar-refractivity contribution in [1.29, 1.82) is 0 Å². The van der Waals surface area contributed by atoms with Gasteiger partial charge in [-0.25, -0.2) is 9.80 Å². The second-order valence-corrected chi connectivity index (χ2v) is 17.0. The Labute approximate surface area is 313 Å². The highest BCUT2D eigenvalue weighted by Crippen LogP contribution is 2.50. The molecule has 270 valence electrons. The molecule has 0 saturated carbocycles. The molecule has 2 aliphatic heterocycles. The lowest BCUT2D eigenvalue weighted by atomic mass is 9.70. The topological polar surface area (TPSA) is 84.6 Å². The summed E-state index contributed by atoms with van der Waals surface area (Å²) in [7, 11) is 0. The van der Waals surface area contributed by atoms with E-state index in [1.165, 1.54) is 9.80 Å². The highest BCUT2D eigenvalue weighted by Gasteiger charge is 2.60. The zero-order valence-electron chi connectivity index (χ0n) is 31.8. The summed E-state index contributed by atoms with van der Waals surface area (Å²) in [6, 6.07) is 36.5. The Morgan fingerprint density at radius 3 is 0.926 bits per heavy atom. The van der Waals surface area contributed by atoms with Gasteiger partial charge in [0, 0.05) is 32.9 Å². The Hall–Kier alpha value is -6.02. The number of carbonyl (C=O) groups is 4. The van der Waals surface area contributed by atoms with Crippen LogP contribution in [0.15, 0.2) is 109 Å². The van der Waals surface area contributed by atoms with E-state index < -0.39 is 21.7 Å². The summed E-state index contributed by atoms with van der Waals surface area (Å²) in [5, 5.41) is 4.34. The molecule has 7 aromatic rings. The molecule has 0 atom stereocenters. The first-order valence-corrected chi connectivity index (χ1v) is 18.5. The van der Waals surface area contributed by atoms with Gasteiger partial charge in [0.15, 0.2) is 0 Å². The minimum atomic E-state index is -0.817. The molecule has 2 saturated heterocycles. The van der Waals surface area contributed by atoms with Crippen LogP contribution in [0.25, 0.3) is 55.0 Å². The summed E-state index contributed by atoms with van der Waals surface area (Å²) in [6.07, 6.45) is 0. The lowest BCUT2D eigenvalue weighted by Crippen LogP contribution is -2.35. The van der Waals surface area contributed by atoms with Crippen LogP contribution in [0.2, 0.25) is 0 Å². The summed E-state index contributed by atoms with van der Waals surface area (Å²) >= 11 is 0. The van der Waals surface area contributed by atoms with E-state index in [1.807, 2.05) is 128 Å². The first-order chi connectivity index (χ1) is 25.5. The van der Waals surface area contributed by atoms with Crippen LogP contribution in [0.1, 0.15) is 55.4 Å². The van der Waals surface area contributed by atoms with Crippen molar-refractivity contribution >= 4 is 78.6 Å². The number of anilines is 2. The lowest BCUT2D eigenvalue weighted by molar-refractivity contribution is -0.129. The normalized spacial score (nSPS) is 19.0. The summed E-state index contributed by atoms with van der Waals surface area (Å²) in [6.45, 7) is 14.7. The second kappa shape index (κ2) is 10.8. The van der Waals surface area contributed by atoms with Gasteiger partial charge in [0.05, 0.1) is 55.1 Å². The smallest absolute Gasteiger partial charge is 0.240 e. The Bertz CT molecular complexity index is 2550. The zero-order chi connectivity index (χ0) is 38.3. The Kier molecular flexibility index (Phi) is 6.75. The van der Waals surface area contributed by atoms with E-state index in [0.29, 0.717) is 11.4 Å². The first kappa shape index (κ1) is 33.8. The van der Waals surface area contributed by atoms with E-state index in [1.54, 1.807) is 0 Å². The molecule has 0 unspecified atom stereocenters. The van der Waals surface area contributed by atoms with Crippen LogP contribution in [-0.4, -0.2) is 32.8 Å². The maximum Gasteiger partial charge on any atom is 0.240 e. The van der Waals surface area contributed by atoms with Crippen molar-refractivity contribution in [2.24, 2.45) is 21.7 Å². The Morgan fingerprint density at radius 2 is 0.611 bits per heavy atom. The molecule has 0 N–H and O–H groups in total. The summed E-state index contributed by atoms with van der Waals surface area (Å²) in [5.74, 6) is -0.772. The van der Waals surface area contributed by atoms with E-state index in [0.717, 1.165) is 55.0 Å². The second-order valence-electron chi connectivity index (χ2n) is 17.0. The van der Waals surface area contributed by atoms with Gasteiger partial charge in [0.25, 0.3) is 0 Å². The summed E-state index contributed by atoms with van der Waals surface area (Å²) in [5.41, 5.74) is 3.83. The molecule has 9 rings (SSSR count). The van der Waals surface area contributed by atoms with Gasteiger partial charge in [-0.05, 0) is 128 Å². The van der Waals surface area contributed by atoms with Crippen LogP contribution in [0.4, 0.5) is 11.4 Å². The van der Waals surface area contributed by atoms with Crippen molar-refractivity contribution in [2.45, 2.75) is 55.4 Å². The highest BCUT2D eigenvalue weighted by atomic mass is 16.2. The van der Waals surface area contributed by atoms with Gasteiger partial charge in [-0.3, -0.25) is 19.2 Å². The number of imide groups is 2. The molecule has 2 fully saturated rings. The largest absolute Gasteiger partial charge is 0.309 e. The lowest BCUT2D eigenvalue weighted by Gasteiger charge is -2.28. The van der Waals surface area contributed by atoms with Crippen molar-refractivity contribution in [3.8, 4) is 11.4 Å². The van der Waals surface area contributed by atoms with Crippen LogP contribution in [-0.2, 0) is 19.2 Å². The molecule has 4 heterocycles. The number of fused-ring (bicyclic) bond motifs is 6. The van der Waals surface area contributed by atoms with Gasteiger partial charge in [0.2, 0.25) is 23.6 Å². The molecule has 8 heteroatoms. The minimum absolute atomic E-state index is 0.193. The van der Waals surface area contributed by atoms with E-state index in [9.17, 15) is 19.2 Å². The number of nitrogens with zero attached hydrogens (tertiary/aromatic N) is 4. The average molecular weight is 715 g/mol. The first-order valence-electron chi connectivity index (χ1n) is 18.5. The van der Waals surface area contributed by atoms with Gasteiger partial charge in [0.1, 0.15) is 0 Å². The van der Waals surface area contributed by atoms with Crippen LogP contribution in [0, 0.1) is 21.7 Å². The number of amides is 4. The van der Waals surface area contributed by atoms with Gasteiger partial charge in [-0.2, -0.15) is 0 Å². The number of benzene rings is 5. The van der Waals surface area contributed by atoms with Crippen molar-refractivity contribution < 1.29 is 19.2 Å². The average Bonchev–Trinajstić information content (AvgIpc) is 3.72. The van der Waals surface area contributed by atoms with Crippen molar-refractivity contribution in [1.82, 2.24) is 9.13 Å².